The number of aliphatic imine (C=N–C) groups is 1. The molecule has 0 saturated heterocycles. The fourth-order valence-electron chi connectivity index (χ4n) is 2.55. The summed E-state index contributed by atoms with van der Waals surface area (Å²) in [6.07, 6.45) is 0. The first-order valence-corrected chi connectivity index (χ1v) is 10.8. The Morgan fingerprint density at radius 3 is 1.96 bits per heavy atom. The van der Waals surface area contributed by atoms with Crippen molar-refractivity contribution in [2.24, 2.45) is 4.99 Å². The Labute approximate surface area is 187 Å². The maximum absolute atomic E-state index is 4.84. The van der Waals surface area contributed by atoms with Gasteiger partial charge in [-0.1, -0.05) is 12.1 Å². The Kier molecular flexibility index (Phi) is 5.18. The van der Waals surface area contributed by atoms with E-state index in [1.807, 2.05) is 5.01 Å². The molecule has 1 heterocycles. The van der Waals surface area contributed by atoms with E-state index >= 15 is 0 Å². The van der Waals surface area contributed by atoms with E-state index in [9.17, 15) is 0 Å². The summed E-state index contributed by atoms with van der Waals surface area (Å²) in [6.45, 7) is 0. The second-order valence-electron chi connectivity index (χ2n) is 5.46. The van der Waals surface area contributed by atoms with Gasteiger partial charge in [-0.05, 0) is 122 Å². The molecule has 0 bridgehead atoms. The minimum atomic E-state index is 0.726. The highest BCUT2D eigenvalue weighted by atomic mass is 127. The van der Waals surface area contributed by atoms with Crippen molar-refractivity contribution in [1.82, 2.24) is 5.43 Å². The van der Waals surface area contributed by atoms with E-state index in [1.165, 1.54) is 7.14 Å². The lowest BCUT2D eigenvalue weighted by atomic mass is 10.1. The first-order chi connectivity index (χ1) is 12.1. The van der Waals surface area contributed by atoms with Crippen molar-refractivity contribution in [2.45, 2.75) is 0 Å². The Balaban J connectivity index is 1.83. The van der Waals surface area contributed by atoms with E-state index in [4.69, 9.17) is 10.4 Å². The zero-order chi connectivity index (χ0) is 17.4. The Bertz CT molecular complexity index is 951. The maximum Gasteiger partial charge on any atom is 0.180 e. The van der Waals surface area contributed by atoms with Gasteiger partial charge < -0.3 is 0 Å². The number of halogens is 3. The van der Waals surface area contributed by atoms with Gasteiger partial charge in [0, 0.05) is 16.3 Å². The molecular weight excluding hydrogens is 651 g/mol. The Morgan fingerprint density at radius 1 is 0.680 bits per heavy atom. The van der Waals surface area contributed by atoms with E-state index in [0.29, 0.717) is 0 Å². The number of anilines is 2. The molecule has 1 aliphatic rings. The number of fused-ring (bicyclic) bond motifs is 1. The molecule has 0 amide bonds. The number of benzene rings is 3. The first-order valence-electron chi connectivity index (χ1n) is 7.52. The highest BCUT2D eigenvalue weighted by Crippen LogP contribution is 2.38. The fourth-order valence-corrected chi connectivity index (χ4v) is 3.74. The molecular formula is C19H11I3N3. The van der Waals surface area contributed by atoms with Gasteiger partial charge in [-0.25, -0.2) is 10.0 Å². The molecule has 0 unspecified atom stereocenters. The molecule has 3 aromatic rings. The summed E-state index contributed by atoms with van der Waals surface area (Å²) in [5.41, 5.74) is 8.82. The zero-order valence-corrected chi connectivity index (χ0v) is 19.3. The monoisotopic (exact) mass is 662 g/mol. The van der Waals surface area contributed by atoms with Crippen LogP contribution in [0, 0.1) is 10.7 Å². The third-order valence-corrected chi connectivity index (χ3v) is 5.87. The summed E-state index contributed by atoms with van der Waals surface area (Å²) in [7, 11) is 0. The first kappa shape index (κ1) is 17.5. The zero-order valence-electron chi connectivity index (χ0n) is 12.8. The average molecular weight is 662 g/mol. The van der Waals surface area contributed by atoms with Gasteiger partial charge in [0.1, 0.15) is 0 Å². The predicted octanol–water partition coefficient (Wildman–Crippen LogP) is 6.25. The molecule has 3 nitrogen and oxygen atoms in total. The van der Waals surface area contributed by atoms with Crippen molar-refractivity contribution in [1.29, 1.82) is 0 Å². The summed E-state index contributed by atoms with van der Waals surface area (Å²) < 4.78 is 3.56. The van der Waals surface area contributed by atoms with Crippen LogP contribution in [0.25, 0.3) is 0 Å². The van der Waals surface area contributed by atoms with Crippen molar-refractivity contribution < 1.29 is 0 Å². The molecule has 123 valence electrons. The van der Waals surface area contributed by atoms with E-state index in [2.05, 4.69) is 135 Å². The van der Waals surface area contributed by atoms with Gasteiger partial charge >= 0.3 is 0 Å². The number of rotatable bonds is 2. The van der Waals surface area contributed by atoms with Crippen LogP contribution >= 0.6 is 67.8 Å². The van der Waals surface area contributed by atoms with Crippen LogP contribution in [-0.4, -0.2) is 5.84 Å². The van der Waals surface area contributed by atoms with Gasteiger partial charge in [0.05, 0.1) is 17.1 Å². The maximum atomic E-state index is 4.84. The predicted molar refractivity (Wildman–Crippen MR) is 128 cm³/mol. The van der Waals surface area contributed by atoms with Crippen LogP contribution in [-0.2, 0) is 0 Å². The van der Waals surface area contributed by atoms with Gasteiger partial charge in [-0.15, -0.1) is 5.43 Å². The van der Waals surface area contributed by atoms with Crippen molar-refractivity contribution >= 4 is 90.7 Å². The summed E-state index contributed by atoms with van der Waals surface area (Å²) in [4.78, 5) is 4.78. The number of nitrogens with zero attached hydrogens (tertiary/aromatic N) is 3. The molecule has 0 saturated carbocycles. The van der Waals surface area contributed by atoms with Crippen LogP contribution in [0.5, 0.6) is 0 Å². The molecule has 0 aromatic heterocycles. The molecule has 25 heavy (non-hydrogen) atoms. The molecule has 4 rings (SSSR count). The van der Waals surface area contributed by atoms with E-state index in [-0.39, 0.29) is 0 Å². The summed E-state index contributed by atoms with van der Waals surface area (Å²) in [5, 5.41) is 1.98. The molecule has 1 aliphatic heterocycles. The molecule has 0 fully saturated rings. The lowest BCUT2D eigenvalue weighted by Gasteiger charge is -2.29. The van der Waals surface area contributed by atoms with Crippen LogP contribution in [0.4, 0.5) is 17.1 Å². The molecule has 0 N–H and O–H groups in total. The smallest absolute Gasteiger partial charge is 0.180 e. The summed E-state index contributed by atoms with van der Waals surface area (Å²) in [6, 6.07) is 22.9. The van der Waals surface area contributed by atoms with Gasteiger partial charge in [0.25, 0.3) is 0 Å². The highest BCUT2D eigenvalue weighted by Gasteiger charge is 2.23. The molecule has 0 aliphatic carbocycles. The van der Waals surface area contributed by atoms with E-state index < -0.39 is 0 Å². The van der Waals surface area contributed by atoms with Gasteiger partial charge in [0.2, 0.25) is 0 Å². The van der Waals surface area contributed by atoms with Crippen LogP contribution < -0.4 is 10.4 Å². The van der Waals surface area contributed by atoms with Crippen molar-refractivity contribution in [3.05, 3.63) is 83.0 Å². The van der Waals surface area contributed by atoms with Crippen molar-refractivity contribution in [3.8, 4) is 0 Å². The van der Waals surface area contributed by atoms with Crippen LogP contribution in [0.1, 0.15) is 5.56 Å². The number of amidine groups is 1. The summed E-state index contributed by atoms with van der Waals surface area (Å²) >= 11 is 6.94. The molecule has 6 heteroatoms. The molecule has 3 aromatic carbocycles. The van der Waals surface area contributed by atoms with Crippen LogP contribution in [0.15, 0.2) is 71.7 Å². The number of hydrogen-bond acceptors (Lipinski definition) is 2. The highest BCUT2D eigenvalue weighted by molar-refractivity contribution is 14.1. The minimum absolute atomic E-state index is 0.726. The Hall–Kier alpha value is -0.880. The van der Waals surface area contributed by atoms with E-state index in [0.717, 1.165) is 32.0 Å². The minimum Gasteiger partial charge on any atom is -0.229 e. The van der Waals surface area contributed by atoms with Crippen molar-refractivity contribution in [2.75, 3.05) is 5.01 Å². The second-order valence-corrected chi connectivity index (χ2v) is 9.20. The molecule has 0 atom stereocenters. The lowest BCUT2D eigenvalue weighted by Crippen LogP contribution is -2.35. The molecule has 1 radical (unpaired) electrons. The van der Waals surface area contributed by atoms with Gasteiger partial charge in [0.15, 0.2) is 5.84 Å². The third-order valence-electron chi connectivity index (χ3n) is 3.76. The van der Waals surface area contributed by atoms with Crippen LogP contribution in [0.2, 0.25) is 0 Å². The largest absolute Gasteiger partial charge is 0.229 e. The number of hydrogen-bond donors (Lipinski definition) is 0. The third kappa shape index (κ3) is 3.80. The van der Waals surface area contributed by atoms with E-state index in [1.54, 1.807) is 0 Å². The van der Waals surface area contributed by atoms with Crippen LogP contribution in [0.3, 0.4) is 0 Å². The summed E-state index contributed by atoms with van der Waals surface area (Å²) in [5.74, 6) is 0.726. The quantitative estimate of drug-likeness (QED) is 0.299. The van der Waals surface area contributed by atoms with Gasteiger partial charge in [-0.2, -0.15) is 0 Å². The SMILES string of the molecule is Ic1ccc(C2=Nc3ccc(I)cc3N(c3ccc(I)cc3)[N]2)cc1. The fraction of sp³-hybridized carbons (Fsp3) is 0. The topological polar surface area (TPSA) is 29.7 Å². The molecule has 0 spiro atoms. The van der Waals surface area contributed by atoms with Gasteiger partial charge in [-0.3, -0.25) is 0 Å². The standard InChI is InChI=1S/C19H11I3N3/c20-13-3-1-12(2-4-13)19-23-17-10-7-15(22)11-18(17)25(24-19)16-8-5-14(21)6-9-16/h1-11H. The normalized spacial score (nSPS) is 13.1. The average Bonchev–Trinajstić information content (AvgIpc) is 2.62. The van der Waals surface area contributed by atoms with Crippen molar-refractivity contribution in [3.63, 3.8) is 0 Å². The Morgan fingerprint density at radius 2 is 1.28 bits per heavy atom. The second kappa shape index (κ2) is 7.39. The lowest BCUT2D eigenvalue weighted by molar-refractivity contribution is 0.897.